The Morgan fingerprint density at radius 3 is 2.07 bits per heavy atom. The Morgan fingerprint density at radius 2 is 1.73 bits per heavy atom. The first-order chi connectivity index (χ1) is 7.00. The van der Waals surface area contributed by atoms with Crippen LogP contribution in [0.4, 0.5) is 5.82 Å². The summed E-state index contributed by atoms with van der Waals surface area (Å²) in [6, 6.07) is 2.31. The van der Waals surface area contributed by atoms with Crippen LogP contribution < -0.4 is 5.73 Å². The quantitative estimate of drug-likeness (QED) is 0.809. The molecular formula is C12H23N3. The van der Waals surface area contributed by atoms with Gasteiger partial charge in [-0.2, -0.15) is 5.10 Å². The first-order valence-electron chi connectivity index (χ1n) is 5.79. The molecular weight excluding hydrogens is 186 g/mol. The molecule has 1 rings (SSSR count). The summed E-state index contributed by atoms with van der Waals surface area (Å²) in [6.07, 6.45) is 4.07. The highest BCUT2D eigenvalue weighted by Gasteiger charge is 2.16. The molecule has 3 nitrogen and oxygen atoms in total. The lowest BCUT2D eigenvalue weighted by atomic mass is 9.96. The Kier molecular flexibility index (Phi) is 4.18. The minimum absolute atomic E-state index is 0.444. The monoisotopic (exact) mass is 209 g/mol. The summed E-state index contributed by atoms with van der Waals surface area (Å²) in [5.41, 5.74) is 5.89. The van der Waals surface area contributed by atoms with Crippen molar-refractivity contribution in [2.45, 2.75) is 46.6 Å². The normalized spacial score (nSPS) is 11.9. The van der Waals surface area contributed by atoms with Crippen LogP contribution in [0.3, 0.4) is 0 Å². The molecule has 0 aliphatic carbocycles. The molecule has 3 heteroatoms. The van der Waals surface area contributed by atoms with Gasteiger partial charge >= 0.3 is 0 Å². The SMILES string of the molecule is CC(C)CC(CC(C)C)n1nccc1N. The summed E-state index contributed by atoms with van der Waals surface area (Å²) in [6.45, 7) is 8.97. The van der Waals surface area contributed by atoms with E-state index in [-0.39, 0.29) is 0 Å². The Morgan fingerprint density at radius 1 is 1.20 bits per heavy atom. The maximum Gasteiger partial charge on any atom is 0.121 e. The highest BCUT2D eigenvalue weighted by atomic mass is 15.3. The number of anilines is 1. The fourth-order valence-corrected chi connectivity index (χ4v) is 2.01. The number of aromatic nitrogens is 2. The average molecular weight is 209 g/mol. The zero-order valence-corrected chi connectivity index (χ0v) is 10.3. The highest BCUT2D eigenvalue weighted by molar-refractivity contribution is 5.26. The van der Waals surface area contributed by atoms with Crippen LogP contribution in [-0.4, -0.2) is 9.78 Å². The lowest BCUT2D eigenvalue weighted by Gasteiger charge is -2.22. The van der Waals surface area contributed by atoms with Gasteiger partial charge in [-0.25, -0.2) is 4.68 Å². The van der Waals surface area contributed by atoms with Crippen molar-refractivity contribution in [1.29, 1.82) is 0 Å². The molecule has 0 saturated heterocycles. The van der Waals surface area contributed by atoms with Crippen LogP contribution >= 0.6 is 0 Å². The van der Waals surface area contributed by atoms with E-state index in [9.17, 15) is 0 Å². The number of hydrogen-bond donors (Lipinski definition) is 1. The van der Waals surface area contributed by atoms with Crippen LogP contribution in [0, 0.1) is 11.8 Å². The van der Waals surface area contributed by atoms with Crippen LogP contribution in [-0.2, 0) is 0 Å². The molecule has 0 bridgehead atoms. The first kappa shape index (κ1) is 12.1. The molecule has 0 saturated carbocycles. The smallest absolute Gasteiger partial charge is 0.121 e. The van der Waals surface area contributed by atoms with Crippen LogP contribution in [0.2, 0.25) is 0 Å². The number of nitrogens with zero attached hydrogens (tertiary/aromatic N) is 2. The van der Waals surface area contributed by atoms with Gasteiger partial charge in [-0.05, 0) is 30.7 Å². The van der Waals surface area contributed by atoms with Crippen molar-refractivity contribution in [3.63, 3.8) is 0 Å². The van der Waals surface area contributed by atoms with E-state index >= 15 is 0 Å². The largest absolute Gasteiger partial charge is 0.384 e. The minimum atomic E-state index is 0.444. The van der Waals surface area contributed by atoms with Crippen molar-refractivity contribution in [2.75, 3.05) is 5.73 Å². The number of nitrogens with two attached hydrogens (primary N) is 1. The van der Waals surface area contributed by atoms with Gasteiger partial charge in [-0.15, -0.1) is 0 Å². The molecule has 0 unspecified atom stereocenters. The first-order valence-corrected chi connectivity index (χ1v) is 5.79. The minimum Gasteiger partial charge on any atom is -0.384 e. The summed E-state index contributed by atoms with van der Waals surface area (Å²) >= 11 is 0. The maximum atomic E-state index is 5.89. The molecule has 0 radical (unpaired) electrons. The van der Waals surface area contributed by atoms with E-state index < -0.39 is 0 Å². The van der Waals surface area contributed by atoms with E-state index in [2.05, 4.69) is 32.8 Å². The fourth-order valence-electron chi connectivity index (χ4n) is 2.01. The zero-order valence-electron chi connectivity index (χ0n) is 10.3. The summed E-state index contributed by atoms with van der Waals surface area (Å²) in [4.78, 5) is 0. The van der Waals surface area contributed by atoms with E-state index in [1.54, 1.807) is 6.20 Å². The molecule has 1 aromatic rings. The predicted molar refractivity (Wildman–Crippen MR) is 64.6 cm³/mol. The van der Waals surface area contributed by atoms with Crippen molar-refractivity contribution >= 4 is 5.82 Å². The van der Waals surface area contributed by atoms with Crippen LogP contribution in [0.25, 0.3) is 0 Å². The van der Waals surface area contributed by atoms with E-state index in [1.165, 1.54) is 0 Å². The summed E-state index contributed by atoms with van der Waals surface area (Å²) in [7, 11) is 0. The van der Waals surface area contributed by atoms with Crippen LogP contribution in [0.5, 0.6) is 0 Å². The van der Waals surface area contributed by atoms with Crippen molar-refractivity contribution in [2.24, 2.45) is 11.8 Å². The molecule has 86 valence electrons. The van der Waals surface area contributed by atoms with Gasteiger partial charge in [0.1, 0.15) is 5.82 Å². The number of rotatable bonds is 5. The van der Waals surface area contributed by atoms with Crippen LogP contribution in [0.15, 0.2) is 12.3 Å². The topological polar surface area (TPSA) is 43.8 Å². The Bertz CT molecular complexity index is 279. The second-order valence-corrected chi connectivity index (χ2v) is 5.11. The van der Waals surface area contributed by atoms with Gasteiger partial charge in [0.2, 0.25) is 0 Å². The Balaban J connectivity index is 2.76. The lowest BCUT2D eigenvalue weighted by Crippen LogP contribution is -2.17. The van der Waals surface area contributed by atoms with Crippen molar-refractivity contribution in [1.82, 2.24) is 9.78 Å². The molecule has 0 aliphatic rings. The Hall–Kier alpha value is -0.990. The molecule has 1 heterocycles. The van der Waals surface area contributed by atoms with Gasteiger partial charge in [0.05, 0.1) is 12.2 Å². The van der Waals surface area contributed by atoms with Gasteiger partial charge in [0.15, 0.2) is 0 Å². The van der Waals surface area contributed by atoms with Gasteiger partial charge in [0, 0.05) is 0 Å². The van der Waals surface area contributed by atoms with Gasteiger partial charge < -0.3 is 5.73 Å². The predicted octanol–water partition coefficient (Wildman–Crippen LogP) is 3.10. The maximum absolute atomic E-state index is 5.89. The molecule has 0 aromatic carbocycles. The fraction of sp³-hybridized carbons (Fsp3) is 0.750. The third-order valence-electron chi connectivity index (χ3n) is 2.53. The van der Waals surface area contributed by atoms with E-state index in [0.717, 1.165) is 18.7 Å². The Labute approximate surface area is 92.7 Å². The summed E-state index contributed by atoms with van der Waals surface area (Å²) < 4.78 is 1.97. The lowest BCUT2D eigenvalue weighted by molar-refractivity contribution is 0.320. The second kappa shape index (κ2) is 5.19. The highest BCUT2D eigenvalue weighted by Crippen LogP contribution is 2.26. The third kappa shape index (κ3) is 3.57. The molecule has 2 N–H and O–H groups in total. The van der Waals surface area contributed by atoms with Crippen LogP contribution in [0.1, 0.15) is 46.6 Å². The molecule has 0 spiro atoms. The standard InChI is InChI=1S/C12H23N3/c1-9(2)7-11(8-10(3)4)15-12(13)5-6-14-15/h5-6,9-11H,7-8,13H2,1-4H3. The van der Waals surface area contributed by atoms with Gasteiger partial charge in [-0.3, -0.25) is 0 Å². The van der Waals surface area contributed by atoms with E-state index in [1.807, 2.05) is 10.7 Å². The van der Waals surface area contributed by atoms with Gasteiger partial charge in [-0.1, -0.05) is 27.7 Å². The van der Waals surface area contributed by atoms with Crippen molar-refractivity contribution in [3.8, 4) is 0 Å². The zero-order chi connectivity index (χ0) is 11.4. The van der Waals surface area contributed by atoms with Crippen molar-refractivity contribution in [3.05, 3.63) is 12.3 Å². The molecule has 0 fully saturated rings. The van der Waals surface area contributed by atoms with Gasteiger partial charge in [0.25, 0.3) is 0 Å². The molecule has 15 heavy (non-hydrogen) atoms. The summed E-state index contributed by atoms with van der Waals surface area (Å²) in [5, 5.41) is 4.31. The summed E-state index contributed by atoms with van der Waals surface area (Å²) in [5.74, 6) is 2.14. The molecule has 0 amide bonds. The van der Waals surface area contributed by atoms with E-state index in [0.29, 0.717) is 17.9 Å². The number of nitrogen functional groups attached to an aromatic ring is 1. The second-order valence-electron chi connectivity index (χ2n) is 5.11. The molecule has 0 atom stereocenters. The average Bonchev–Trinajstić information content (AvgIpc) is 2.48. The number of hydrogen-bond acceptors (Lipinski definition) is 2. The van der Waals surface area contributed by atoms with E-state index in [4.69, 9.17) is 5.73 Å². The molecule has 1 aromatic heterocycles. The molecule has 0 aliphatic heterocycles. The third-order valence-corrected chi connectivity index (χ3v) is 2.53. The van der Waals surface area contributed by atoms with Crippen molar-refractivity contribution < 1.29 is 0 Å².